The molecule has 1 aromatic heterocycles. The molecule has 3 rings (SSSR count). The maximum Gasteiger partial charge on any atom is 0.495 e. The van der Waals surface area contributed by atoms with Crippen LogP contribution in [0, 0.1) is 5.41 Å². The molecule has 0 unspecified atom stereocenters. The summed E-state index contributed by atoms with van der Waals surface area (Å²) in [5.41, 5.74) is 2.10. The van der Waals surface area contributed by atoms with Gasteiger partial charge in [0.05, 0.1) is 0 Å². The zero-order valence-corrected chi connectivity index (χ0v) is 12.2. The number of hydrogen-bond donors (Lipinski definition) is 0. The van der Waals surface area contributed by atoms with Gasteiger partial charge in [0.1, 0.15) is 0 Å². The molecule has 1 aliphatic rings. The van der Waals surface area contributed by atoms with Crippen molar-refractivity contribution in [3.8, 4) is 0 Å². The van der Waals surface area contributed by atoms with Crippen LogP contribution >= 0.6 is 11.6 Å². The second-order valence-electron chi connectivity index (χ2n) is 5.98. The van der Waals surface area contributed by atoms with Crippen molar-refractivity contribution in [2.45, 2.75) is 13.8 Å². The van der Waals surface area contributed by atoms with Gasteiger partial charge in [-0.2, -0.15) is 0 Å². The molecule has 1 aliphatic heterocycles. The zero-order valence-electron chi connectivity index (χ0n) is 11.4. The topological polar surface area (TPSA) is 23.4 Å². The fourth-order valence-corrected chi connectivity index (χ4v) is 2.61. The minimum Gasteiger partial charge on any atom is -0.407 e. The summed E-state index contributed by atoms with van der Waals surface area (Å²) in [5.74, 6) is 0. The van der Waals surface area contributed by atoms with Crippen LogP contribution in [0.1, 0.15) is 13.8 Å². The standard InChI is InChI=1S/C14H17BClNO2/c1-14(2)8-18-15(19-9-14)11-6-10-4-5-17(3)13(10)7-12(11)16/h4-7H,8-9H2,1-3H3. The van der Waals surface area contributed by atoms with Crippen LogP contribution in [0.25, 0.3) is 10.9 Å². The highest BCUT2D eigenvalue weighted by atomic mass is 35.5. The smallest absolute Gasteiger partial charge is 0.407 e. The third kappa shape index (κ3) is 2.40. The fraction of sp³-hybridized carbons (Fsp3) is 0.429. The molecule has 3 nitrogen and oxygen atoms in total. The number of hydrogen-bond acceptors (Lipinski definition) is 2. The molecule has 0 saturated carbocycles. The highest BCUT2D eigenvalue weighted by Gasteiger charge is 2.34. The van der Waals surface area contributed by atoms with E-state index < -0.39 is 0 Å². The predicted molar refractivity (Wildman–Crippen MR) is 79.0 cm³/mol. The lowest BCUT2D eigenvalue weighted by Gasteiger charge is -2.33. The minimum absolute atomic E-state index is 0.0693. The zero-order chi connectivity index (χ0) is 13.6. The summed E-state index contributed by atoms with van der Waals surface area (Å²) in [6.07, 6.45) is 2.02. The second kappa shape index (κ2) is 4.55. The highest BCUT2D eigenvalue weighted by Crippen LogP contribution is 2.24. The molecule has 2 heterocycles. The Morgan fingerprint density at radius 3 is 2.63 bits per heavy atom. The Balaban J connectivity index is 1.95. The van der Waals surface area contributed by atoms with E-state index in [9.17, 15) is 0 Å². The van der Waals surface area contributed by atoms with Crippen molar-refractivity contribution in [1.82, 2.24) is 4.57 Å². The highest BCUT2D eigenvalue weighted by molar-refractivity contribution is 6.65. The van der Waals surface area contributed by atoms with Gasteiger partial charge in [-0.05, 0) is 17.5 Å². The number of fused-ring (bicyclic) bond motifs is 1. The van der Waals surface area contributed by atoms with Crippen molar-refractivity contribution in [2.75, 3.05) is 13.2 Å². The number of aryl methyl sites for hydroxylation is 1. The molecule has 0 spiro atoms. The molecule has 0 radical (unpaired) electrons. The van der Waals surface area contributed by atoms with Gasteiger partial charge in [-0.15, -0.1) is 0 Å². The number of aromatic nitrogens is 1. The molecule has 0 N–H and O–H groups in total. The number of halogens is 1. The number of rotatable bonds is 1. The van der Waals surface area contributed by atoms with E-state index in [4.69, 9.17) is 20.9 Å². The van der Waals surface area contributed by atoms with E-state index in [0.717, 1.165) is 16.4 Å². The molecule has 1 fully saturated rings. The van der Waals surface area contributed by atoms with Crippen LogP contribution in [0.4, 0.5) is 0 Å². The summed E-state index contributed by atoms with van der Waals surface area (Å²) in [6, 6.07) is 6.10. The van der Waals surface area contributed by atoms with Crippen molar-refractivity contribution < 1.29 is 9.31 Å². The lowest BCUT2D eigenvalue weighted by Crippen LogP contribution is -2.47. The van der Waals surface area contributed by atoms with Gasteiger partial charge in [0.15, 0.2) is 0 Å². The first-order valence-corrected chi connectivity index (χ1v) is 6.82. The van der Waals surface area contributed by atoms with E-state index in [-0.39, 0.29) is 12.5 Å². The summed E-state index contributed by atoms with van der Waals surface area (Å²) in [7, 11) is 1.65. The van der Waals surface area contributed by atoms with Gasteiger partial charge >= 0.3 is 7.12 Å². The number of nitrogens with zero attached hydrogens (tertiary/aromatic N) is 1. The summed E-state index contributed by atoms with van der Waals surface area (Å²) in [6.45, 7) is 5.62. The van der Waals surface area contributed by atoms with Crippen molar-refractivity contribution >= 4 is 35.1 Å². The Hall–Kier alpha value is -0.965. The Morgan fingerprint density at radius 2 is 1.95 bits per heavy atom. The summed E-state index contributed by atoms with van der Waals surface area (Å²) >= 11 is 6.36. The predicted octanol–water partition coefficient (Wildman–Crippen LogP) is 2.60. The normalized spacial score (nSPS) is 19.1. The van der Waals surface area contributed by atoms with E-state index in [0.29, 0.717) is 18.2 Å². The molecule has 100 valence electrons. The van der Waals surface area contributed by atoms with Crippen molar-refractivity contribution in [3.63, 3.8) is 0 Å². The van der Waals surface area contributed by atoms with Gasteiger partial charge in [0, 0.05) is 47.9 Å². The molecule has 0 amide bonds. The van der Waals surface area contributed by atoms with Crippen LogP contribution in [0.15, 0.2) is 24.4 Å². The Morgan fingerprint density at radius 1 is 1.26 bits per heavy atom. The quantitative estimate of drug-likeness (QED) is 0.748. The monoisotopic (exact) mass is 277 g/mol. The Kier molecular flexibility index (Phi) is 3.12. The van der Waals surface area contributed by atoms with Gasteiger partial charge < -0.3 is 13.9 Å². The van der Waals surface area contributed by atoms with Gasteiger partial charge in [0.2, 0.25) is 0 Å². The summed E-state index contributed by atoms with van der Waals surface area (Å²) in [4.78, 5) is 0. The average Bonchev–Trinajstić information content (AvgIpc) is 2.70. The molecular weight excluding hydrogens is 260 g/mol. The van der Waals surface area contributed by atoms with E-state index in [1.165, 1.54) is 0 Å². The third-order valence-corrected chi connectivity index (χ3v) is 3.84. The second-order valence-corrected chi connectivity index (χ2v) is 6.38. The Bertz CT molecular complexity index is 613. The summed E-state index contributed by atoms with van der Waals surface area (Å²) in [5, 5.41) is 1.85. The summed E-state index contributed by atoms with van der Waals surface area (Å²) < 4.78 is 13.7. The van der Waals surface area contributed by atoms with E-state index in [1.807, 2.05) is 19.3 Å². The minimum atomic E-state index is -0.356. The maximum absolute atomic E-state index is 6.36. The maximum atomic E-state index is 6.36. The lowest BCUT2D eigenvalue weighted by molar-refractivity contribution is 0.0343. The van der Waals surface area contributed by atoms with E-state index >= 15 is 0 Å². The molecule has 19 heavy (non-hydrogen) atoms. The lowest BCUT2D eigenvalue weighted by atomic mass is 9.75. The van der Waals surface area contributed by atoms with Gasteiger partial charge in [0.25, 0.3) is 0 Å². The molecule has 0 aliphatic carbocycles. The SMILES string of the molecule is Cn1ccc2cc(B3OCC(C)(C)CO3)c(Cl)cc21. The van der Waals surface area contributed by atoms with Crippen LogP contribution in [-0.2, 0) is 16.4 Å². The molecule has 0 atom stereocenters. The van der Waals surface area contributed by atoms with Crippen molar-refractivity contribution in [2.24, 2.45) is 12.5 Å². The van der Waals surface area contributed by atoms with Crippen LogP contribution in [0.2, 0.25) is 5.02 Å². The van der Waals surface area contributed by atoms with Crippen LogP contribution in [-0.4, -0.2) is 24.9 Å². The molecular formula is C14H17BClNO2. The molecule has 1 aromatic carbocycles. The van der Waals surface area contributed by atoms with E-state index in [1.54, 1.807) is 0 Å². The van der Waals surface area contributed by atoms with Gasteiger partial charge in [-0.1, -0.05) is 31.5 Å². The molecule has 5 heteroatoms. The van der Waals surface area contributed by atoms with E-state index in [2.05, 4.69) is 30.5 Å². The van der Waals surface area contributed by atoms with Crippen LogP contribution in [0.3, 0.4) is 0 Å². The van der Waals surface area contributed by atoms with Crippen LogP contribution in [0.5, 0.6) is 0 Å². The largest absolute Gasteiger partial charge is 0.495 e. The molecule has 1 saturated heterocycles. The van der Waals surface area contributed by atoms with Crippen LogP contribution < -0.4 is 5.46 Å². The average molecular weight is 278 g/mol. The Labute approximate surface area is 118 Å². The van der Waals surface area contributed by atoms with Crippen molar-refractivity contribution in [3.05, 3.63) is 29.4 Å². The first kappa shape index (κ1) is 13.0. The first-order valence-electron chi connectivity index (χ1n) is 6.44. The molecule has 2 aromatic rings. The van der Waals surface area contributed by atoms with Gasteiger partial charge in [-0.3, -0.25) is 0 Å². The third-order valence-electron chi connectivity index (χ3n) is 3.51. The number of benzene rings is 1. The fourth-order valence-electron chi connectivity index (χ4n) is 2.36. The first-order chi connectivity index (χ1) is 8.96. The van der Waals surface area contributed by atoms with Gasteiger partial charge in [-0.25, -0.2) is 0 Å². The molecule has 0 bridgehead atoms. The van der Waals surface area contributed by atoms with Crippen molar-refractivity contribution in [1.29, 1.82) is 0 Å².